The van der Waals surface area contributed by atoms with Gasteiger partial charge in [0.15, 0.2) is 0 Å². The van der Waals surface area contributed by atoms with Gasteiger partial charge in [0, 0.05) is 36.3 Å². The lowest BCUT2D eigenvalue weighted by Crippen LogP contribution is -1.98. The minimum absolute atomic E-state index is 0.0878. The van der Waals surface area contributed by atoms with Crippen molar-refractivity contribution in [2.75, 3.05) is 11.9 Å². The summed E-state index contributed by atoms with van der Waals surface area (Å²) < 4.78 is 1.77. The van der Waals surface area contributed by atoms with E-state index in [1.54, 1.807) is 16.8 Å². The molecule has 0 aliphatic rings. The van der Waals surface area contributed by atoms with E-state index in [0.717, 1.165) is 27.8 Å². The summed E-state index contributed by atoms with van der Waals surface area (Å²) in [7, 11) is 1.86. The highest BCUT2D eigenvalue weighted by atomic mass is 32.2. The summed E-state index contributed by atoms with van der Waals surface area (Å²) in [6, 6.07) is 6.98. The fourth-order valence-corrected chi connectivity index (χ4v) is 2.87. The Morgan fingerprint density at radius 1 is 1.40 bits per heavy atom. The number of nitrogens with zero attached hydrogens (tertiary/aromatic N) is 3. The molecule has 0 spiro atoms. The predicted molar refractivity (Wildman–Crippen MR) is 79.3 cm³/mol. The first kappa shape index (κ1) is 14.4. The number of aryl methyl sites for hydroxylation is 2. The van der Waals surface area contributed by atoms with E-state index >= 15 is 0 Å². The summed E-state index contributed by atoms with van der Waals surface area (Å²) in [6.07, 6.45) is 0. The maximum Gasteiger partial charge on any atom is 0.272 e. The summed E-state index contributed by atoms with van der Waals surface area (Å²) in [4.78, 5) is 11.4. The van der Waals surface area contributed by atoms with Crippen molar-refractivity contribution in [2.45, 2.75) is 23.8 Å². The number of anilines is 1. The van der Waals surface area contributed by atoms with Gasteiger partial charge in [0.25, 0.3) is 5.69 Å². The van der Waals surface area contributed by atoms with Gasteiger partial charge in [0.1, 0.15) is 0 Å². The molecule has 1 aromatic heterocycles. The van der Waals surface area contributed by atoms with E-state index in [1.807, 2.05) is 33.0 Å². The summed E-state index contributed by atoms with van der Waals surface area (Å²) in [6.45, 7) is 4.59. The first-order valence-electron chi connectivity index (χ1n) is 6.21. The lowest BCUT2D eigenvalue weighted by Gasteiger charge is -2.07. The molecule has 6 nitrogen and oxygen atoms in total. The number of benzene rings is 1. The van der Waals surface area contributed by atoms with Crippen LogP contribution in [0.5, 0.6) is 0 Å². The highest BCUT2D eigenvalue weighted by Crippen LogP contribution is 2.33. The van der Waals surface area contributed by atoms with Gasteiger partial charge in [-0.25, -0.2) is 0 Å². The summed E-state index contributed by atoms with van der Waals surface area (Å²) >= 11 is 1.46. The monoisotopic (exact) mass is 292 g/mol. The Kier molecular flexibility index (Phi) is 4.29. The molecular weight excluding hydrogens is 276 g/mol. The van der Waals surface area contributed by atoms with Crippen molar-refractivity contribution in [3.63, 3.8) is 0 Å². The van der Waals surface area contributed by atoms with Crippen LogP contribution in [0, 0.1) is 17.0 Å². The lowest BCUT2D eigenvalue weighted by molar-refractivity contribution is -0.385. The van der Waals surface area contributed by atoms with Gasteiger partial charge in [-0.2, -0.15) is 5.10 Å². The van der Waals surface area contributed by atoms with Crippen LogP contribution >= 0.6 is 11.8 Å². The van der Waals surface area contributed by atoms with Gasteiger partial charge in [-0.3, -0.25) is 14.8 Å². The van der Waals surface area contributed by atoms with Crippen LogP contribution in [0.1, 0.15) is 12.6 Å². The fraction of sp³-hybridized carbons (Fsp3) is 0.308. The second-order valence-electron chi connectivity index (χ2n) is 4.35. The van der Waals surface area contributed by atoms with Crippen molar-refractivity contribution in [1.82, 2.24) is 9.78 Å². The Morgan fingerprint density at radius 3 is 2.70 bits per heavy atom. The van der Waals surface area contributed by atoms with Crippen molar-refractivity contribution in [2.24, 2.45) is 7.05 Å². The van der Waals surface area contributed by atoms with Crippen LogP contribution in [0.15, 0.2) is 34.2 Å². The minimum atomic E-state index is -0.376. The molecule has 106 valence electrons. The molecule has 0 atom stereocenters. The van der Waals surface area contributed by atoms with E-state index in [1.165, 1.54) is 11.8 Å². The quantitative estimate of drug-likeness (QED) is 0.676. The van der Waals surface area contributed by atoms with Crippen LogP contribution in [0.25, 0.3) is 0 Å². The third kappa shape index (κ3) is 3.30. The van der Waals surface area contributed by atoms with Gasteiger partial charge in [-0.05, 0) is 26.0 Å². The van der Waals surface area contributed by atoms with E-state index in [-0.39, 0.29) is 10.6 Å². The zero-order valence-electron chi connectivity index (χ0n) is 11.6. The largest absolute Gasteiger partial charge is 0.385 e. The molecule has 0 aliphatic heterocycles. The van der Waals surface area contributed by atoms with Crippen LogP contribution in [0.3, 0.4) is 0 Å². The lowest BCUT2D eigenvalue weighted by atomic mass is 10.3. The smallest absolute Gasteiger partial charge is 0.272 e. The summed E-state index contributed by atoms with van der Waals surface area (Å²) in [5.41, 5.74) is 1.76. The van der Waals surface area contributed by atoms with E-state index in [4.69, 9.17) is 0 Å². The molecule has 1 aromatic carbocycles. The number of hydrogen-bond donors (Lipinski definition) is 1. The zero-order valence-corrected chi connectivity index (χ0v) is 12.4. The van der Waals surface area contributed by atoms with E-state index in [0.29, 0.717) is 0 Å². The number of nitro groups is 1. The van der Waals surface area contributed by atoms with Crippen molar-refractivity contribution >= 4 is 23.1 Å². The van der Waals surface area contributed by atoms with E-state index in [9.17, 15) is 10.1 Å². The molecule has 20 heavy (non-hydrogen) atoms. The summed E-state index contributed by atoms with van der Waals surface area (Å²) in [5.74, 6) is 0. The molecule has 0 unspecified atom stereocenters. The number of hydrogen-bond acceptors (Lipinski definition) is 5. The molecule has 0 saturated heterocycles. The van der Waals surface area contributed by atoms with Gasteiger partial charge in [0.05, 0.1) is 15.6 Å². The highest BCUT2D eigenvalue weighted by Gasteiger charge is 2.12. The number of non-ortho nitro benzene ring substituents is 1. The Bertz CT molecular complexity index is 639. The van der Waals surface area contributed by atoms with E-state index in [2.05, 4.69) is 10.4 Å². The molecule has 0 radical (unpaired) electrons. The Labute approximate surface area is 121 Å². The summed E-state index contributed by atoms with van der Waals surface area (Å²) in [5, 5.41) is 19.3. The second-order valence-corrected chi connectivity index (χ2v) is 5.45. The Morgan fingerprint density at radius 2 is 2.15 bits per heavy atom. The number of nitro benzene ring substituents is 1. The molecule has 1 N–H and O–H groups in total. The standard InChI is InChI=1S/C13H16N4O2S/c1-4-14-10-6-11(17(18)19)8-12(7-10)20-13-5-9(2)15-16(13)3/h5-8,14H,4H2,1-3H3. The molecule has 2 rings (SSSR count). The zero-order chi connectivity index (χ0) is 14.7. The first-order valence-corrected chi connectivity index (χ1v) is 7.03. The Hall–Kier alpha value is -2.02. The van der Waals surface area contributed by atoms with Gasteiger partial charge < -0.3 is 5.32 Å². The molecule has 7 heteroatoms. The maximum atomic E-state index is 11.0. The van der Waals surface area contributed by atoms with Gasteiger partial charge in [-0.1, -0.05) is 11.8 Å². The van der Waals surface area contributed by atoms with Crippen LogP contribution in [-0.4, -0.2) is 21.2 Å². The SMILES string of the molecule is CCNc1cc(Sc2cc(C)nn2C)cc([N+](=O)[O-])c1. The van der Waals surface area contributed by atoms with Crippen LogP contribution in [0.2, 0.25) is 0 Å². The number of nitrogens with one attached hydrogen (secondary N) is 1. The van der Waals surface area contributed by atoms with Crippen LogP contribution in [-0.2, 0) is 7.05 Å². The maximum absolute atomic E-state index is 11.0. The number of aromatic nitrogens is 2. The molecule has 0 aliphatic carbocycles. The number of rotatable bonds is 5. The molecule has 0 fully saturated rings. The van der Waals surface area contributed by atoms with Crippen molar-refractivity contribution < 1.29 is 4.92 Å². The molecule has 2 aromatic rings. The average molecular weight is 292 g/mol. The van der Waals surface area contributed by atoms with E-state index < -0.39 is 0 Å². The fourth-order valence-electron chi connectivity index (χ4n) is 1.86. The topological polar surface area (TPSA) is 73.0 Å². The van der Waals surface area contributed by atoms with Gasteiger partial charge in [0.2, 0.25) is 0 Å². The molecule has 0 saturated carbocycles. The second kappa shape index (κ2) is 5.96. The Balaban J connectivity index is 2.35. The predicted octanol–water partition coefficient (Wildman–Crippen LogP) is 3.22. The highest BCUT2D eigenvalue weighted by molar-refractivity contribution is 7.99. The van der Waals surface area contributed by atoms with Gasteiger partial charge >= 0.3 is 0 Å². The van der Waals surface area contributed by atoms with Crippen LogP contribution < -0.4 is 5.32 Å². The van der Waals surface area contributed by atoms with Crippen molar-refractivity contribution in [1.29, 1.82) is 0 Å². The molecule has 0 amide bonds. The molecule has 1 heterocycles. The van der Waals surface area contributed by atoms with Crippen molar-refractivity contribution in [3.05, 3.63) is 40.1 Å². The molecular formula is C13H16N4O2S. The van der Waals surface area contributed by atoms with Crippen molar-refractivity contribution in [3.8, 4) is 0 Å². The average Bonchev–Trinajstić information content (AvgIpc) is 2.68. The molecule has 0 bridgehead atoms. The van der Waals surface area contributed by atoms with Crippen LogP contribution in [0.4, 0.5) is 11.4 Å². The first-order chi connectivity index (χ1) is 9.49. The third-order valence-corrected chi connectivity index (χ3v) is 3.73. The normalized spacial score (nSPS) is 10.6. The minimum Gasteiger partial charge on any atom is -0.385 e. The van der Waals surface area contributed by atoms with Gasteiger partial charge in [-0.15, -0.1) is 0 Å². The third-order valence-electron chi connectivity index (χ3n) is 2.66.